The van der Waals surface area contributed by atoms with Crippen molar-refractivity contribution in [3.05, 3.63) is 68.0 Å². The van der Waals surface area contributed by atoms with E-state index in [1.807, 2.05) is 55.7 Å². The summed E-state index contributed by atoms with van der Waals surface area (Å²) in [6.45, 7) is 10.1. The standard InChI is InChI=1S/C21H23N5O2/c1-5-6-8-15(22-4)9-7-10-26-17-12-14(3)13(2)11-16(17)23-18-19(26)24-21(28)25-20(18)27/h5-6,8,11-12H,4,7,9-10H2,1-3H3,(H,25,27,28). The third-order valence-electron chi connectivity index (χ3n) is 4.72. The summed E-state index contributed by atoms with van der Waals surface area (Å²) in [5.41, 5.74) is 3.60. The molecule has 144 valence electrons. The Hall–Kier alpha value is -3.35. The molecular weight excluding hydrogens is 354 g/mol. The summed E-state index contributed by atoms with van der Waals surface area (Å²) in [7, 11) is 0. The van der Waals surface area contributed by atoms with Gasteiger partial charge < -0.3 is 4.57 Å². The van der Waals surface area contributed by atoms with Crippen molar-refractivity contribution in [1.29, 1.82) is 0 Å². The van der Waals surface area contributed by atoms with E-state index in [2.05, 4.69) is 26.7 Å². The van der Waals surface area contributed by atoms with Gasteiger partial charge in [-0.1, -0.05) is 12.2 Å². The minimum atomic E-state index is -0.669. The van der Waals surface area contributed by atoms with E-state index in [0.717, 1.165) is 28.8 Å². The normalized spacial score (nSPS) is 12.3. The highest BCUT2D eigenvalue weighted by Gasteiger charge is 2.19. The van der Waals surface area contributed by atoms with Crippen LogP contribution in [0.4, 0.5) is 0 Å². The predicted octanol–water partition coefficient (Wildman–Crippen LogP) is 3.14. The van der Waals surface area contributed by atoms with Gasteiger partial charge in [0.1, 0.15) is 0 Å². The molecule has 2 aliphatic rings. The first-order valence-electron chi connectivity index (χ1n) is 9.15. The highest BCUT2D eigenvalue weighted by Crippen LogP contribution is 2.24. The number of nitrogens with one attached hydrogen (secondary N) is 1. The lowest BCUT2D eigenvalue weighted by Crippen LogP contribution is -2.29. The minimum Gasteiger partial charge on any atom is -0.322 e. The molecule has 0 aliphatic carbocycles. The number of hydrogen-bond acceptors (Lipinski definition) is 5. The van der Waals surface area contributed by atoms with E-state index >= 15 is 0 Å². The van der Waals surface area contributed by atoms with Gasteiger partial charge in [-0.25, -0.2) is 9.78 Å². The smallest absolute Gasteiger partial charge is 0.322 e. The fraction of sp³-hybridized carbons (Fsp3) is 0.286. The molecule has 0 saturated heterocycles. The van der Waals surface area contributed by atoms with Gasteiger partial charge in [-0.15, -0.1) is 0 Å². The molecule has 0 fully saturated rings. The molecule has 0 atom stereocenters. The minimum absolute atomic E-state index is 0.168. The van der Waals surface area contributed by atoms with Crippen LogP contribution >= 0.6 is 0 Å². The monoisotopic (exact) mass is 377 g/mol. The van der Waals surface area contributed by atoms with Crippen LogP contribution < -0.4 is 11.2 Å². The van der Waals surface area contributed by atoms with Crippen LogP contribution in [0.5, 0.6) is 0 Å². The number of benzene rings is 1. The number of aromatic amines is 1. The second-order valence-corrected chi connectivity index (χ2v) is 6.68. The first-order valence-corrected chi connectivity index (χ1v) is 9.15. The van der Waals surface area contributed by atoms with Crippen LogP contribution in [0.1, 0.15) is 30.9 Å². The van der Waals surface area contributed by atoms with E-state index in [1.54, 1.807) is 0 Å². The van der Waals surface area contributed by atoms with Gasteiger partial charge in [0.2, 0.25) is 0 Å². The second-order valence-electron chi connectivity index (χ2n) is 6.68. The van der Waals surface area contributed by atoms with Gasteiger partial charge >= 0.3 is 5.69 Å². The zero-order valence-electron chi connectivity index (χ0n) is 16.3. The number of allylic oxidation sites excluding steroid dienone is 4. The summed E-state index contributed by atoms with van der Waals surface area (Å²) >= 11 is 0. The molecule has 7 nitrogen and oxygen atoms in total. The summed E-state index contributed by atoms with van der Waals surface area (Å²) in [5.74, 6) is 0.301. The van der Waals surface area contributed by atoms with E-state index < -0.39 is 11.2 Å². The van der Waals surface area contributed by atoms with Crippen molar-refractivity contribution < 1.29 is 0 Å². The Morgan fingerprint density at radius 2 is 2.00 bits per heavy atom. The van der Waals surface area contributed by atoms with E-state index in [9.17, 15) is 9.59 Å². The van der Waals surface area contributed by atoms with Crippen LogP contribution in [-0.4, -0.2) is 26.2 Å². The van der Waals surface area contributed by atoms with Crippen molar-refractivity contribution in [2.75, 3.05) is 0 Å². The average Bonchev–Trinajstić information content (AvgIpc) is 2.66. The van der Waals surface area contributed by atoms with Crippen molar-refractivity contribution >= 4 is 17.8 Å². The van der Waals surface area contributed by atoms with Crippen LogP contribution in [0.2, 0.25) is 0 Å². The highest BCUT2D eigenvalue weighted by molar-refractivity contribution is 5.81. The number of aryl methyl sites for hydroxylation is 3. The van der Waals surface area contributed by atoms with Gasteiger partial charge in [0.05, 0.1) is 11.0 Å². The number of fused-ring (bicyclic) bond motifs is 2. The van der Waals surface area contributed by atoms with Gasteiger partial charge in [-0.3, -0.25) is 14.8 Å². The van der Waals surface area contributed by atoms with Crippen LogP contribution in [0.25, 0.3) is 22.6 Å². The Kier molecular flexibility index (Phi) is 5.63. The van der Waals surface area contributed by atoms with Crippen LogP contribution in [0.3, 0.4) is 0 Å². The summed E-state index contributed by atoms with van der Waals surface area (Å²) in [6.07, 6.45) is 7.24. The zero-order chi connectivity index (χ0) is 20.3. The maximum absolute atomic E-state index is 12.3. The molecule has 0 aromatic heterocycles. The van der Waals surface area contributed by atoms with Gasteiger partial charge in [0, 0.05) is 12.2 Å². The molecule has 2 heterocycles. The molecule has 0 bridgehead atoms. The SMILES string of the molecule is C=NC(=CC=CC)CCCn1c2nc(=O)[nH]c(=O)c-2nc2cc(C)c(C)cc21. The summed E-state index contributed by atoms with van der Waals surface area (Å²) < 4.78 is 1.90. The maximum Gasteiger partial charge on any atom is 0.349 e. The first-order chi connectivity index (χ1) is 13.4. The number of H-pyrrole nitrogens is 1. The van der Waals surface area contributed by atoms with E-state index in [-0.39, 0.29) is 5.69 Å². The van der Waals surface area contributed by atoms with Gasteiger partial charge in [0.25, 0.3) is 5.56 Å². The molecule has 1 N–H and O–H groups in total. The third kappa shape index (κ3) is 3.83. The number of aromatic nitrogens is 4. The van der Waals surface area contributed by atoms with E-state index in [0.29, 0.717) is 24.3 Å². The number of aliphatic imine (C=N–C) groups is 1. The molecule has 0 unspecified atom stereocenters. The second kappa shape index (κ2) is 8.12. The number of nitrogens with zero attached hydrogens (tertiary/aromatic N) is 4. The van der Waals surface area contributed by atoms with Crippen LogP contribution in [-0.2, 0) is 6.54 Å². The fourth-order valence-corrected chi connectivity index (χ4v) is 3.12. The molecular formula is C21H23N5O2. The van der Waals surface area contributed by atoms with E-state index in [1.165, 1.54) is 0 Å². The molecule has 28 heavy (non-hydrogen) atoms. The number of hydrogen-bond donors (Lipinski definition) is 1. The lowest BCUT2D eigenvalue weighted by atomic mass is 10.1. The topological polar surface area (TPSA) is 93.0 Å². The highest BCUT2D eigenvalue weighted by atomic mass is 16.2. The first kappa shape index (κ1) is 19.4. The molecule has 0 saturated carbocycles. The number of rotatable bonds is 6. The Morgan fingerprint density at radius 1 is 1.25 bits per heavy atom. The molecule has 3 rings (SSSR count). The maximum atomic E-state index is 12.3. The van der Waals surface area contributed by atoms with Crippen molar-refractivity contribution in [3.8, 4) is 11.5 Å². The van der Waals surface area contributed by atoms with Gasteiger partial charge in [-0.05, 0) is 69.7 Å². The lowest BCUT2D eigenvalue weighted by molar-refractivity contribution is 0.644. The average molecular weight is 377 g/mol. The molecule has 1 aromatic rings. The quantitative estimate of drug-likeness (QED) is 0.406. The summed E-state index contributed by atoms with van der Waals surface area (Å²) in [6, 6.07) is 3.97. The zero-order valence-corrected chi connectivity index (χ0v) is 16.3. The Labute approximate surface area is 162 Å². The molecule has 7 heteroatoms. The lowest BCUT2D eigenvalue weighted by Gasteiger charge is -2.17. The Morgan fingerprint density at radius 3 is 2.71 bits per heavy atom. The molecule has 0 spiro atoms. The third-order valence-corrected chi connectivity index (χ3v) is 4.72. The fourth-order valence-electron chi connectivity index (χ4n) is 3.12. The molecule has 0 radical (unpaired) electrons. The van der Waals surface area contributed by atoms with Crippen molar-refractivity contribution in [2.24, 2.45) is 4.99 Å². The molecule has 1 aromatic carbocycles. The van der Waals surface area contributed by atoms with Crippen molar-refractivity contribution in [2.45, 2.75) is 40.2 Å². The van der Waals surface area contributed by atoms with Crippen LogP contribution in [0, 0.1) is 13.8 Å². The van der Waals surface area contributed by atoms with Crippen molar-refractivity contribution in [1.82, 2.24) is 19.5 Å². The summed E-state index contributed by atoms with van der Waals surface area (Å²) in [4.78, 5) is 38.8. The Bertz CT molecular complexity index is 1180. The molecule has 2 aliphatic heterocycles. The largest absolute Gasteiger partial charge is 0.349 e. The molecule has 0 amide bonds. The predicted molar refractivity (Wildman–Crippen MR) is 112 cm³/mol. The van der Waals surface area contributed by atoms with Gasteiger partial charge in [-0.2, -0.15) is 4.98 Å². The Balaban J connectivity index is 2.12. The summed E-state index contributed by atoms with van der Waals surface area (Å²) in [5, 5.41) is 0. The van der Waals surface area contributed by atoms with E-state index in [4.69, 9.17) is 0 Å². The van der Waals surface area contributed by atoms with Crippen molar-refractivity contribution in [3.63, 3.8) is 0 Å². The van der Waals surface area contributed by atoms with Gasteiger partial charge in [0.15, 0.2) is 11.5 Å². The van der Waals surface area contributed by atoms with Crippen LogP contribution in [0.15, 0.2) is 50.6 Å².